The molecule has 9 nitrogen and oxygen atoms in total. The third-order valence-corrected chi connectivity index (χ3v) is 5.94. The van der Waals surface area contributed by atoms with E-state index in [0.29, 0.717) is 37.2 Å². The van der Waals surface area contributed by atoms with E-state index in [2.05, 4.69) is 0 Å². The Morgan fingerprint density at radius 2 is 1.73 bits per heavy atom. The molecule has 33 heavy (non-hydrogen) atoms. The van der Waals surface area contributed by atoms with Gasteiger partial charge in [0.2, 0.25) is 0 Å². The maximum absolute atomic E-state index is 12.9. The number of nitrogens with zero attached hydrogens (tertiary/aromatic N) is 2. The number of nitrogens with one attached hydrogen (secondary N) is 1. The largest absolute Gasteiger partial charge is 0.461 e. The number of nitrogen functional groups attached to an aromatic ring is 1. The predicted molar refractivity (Wildman–Crippen MR) is 121 cm³/mol. The molecule has 2 aromatic rings. The molecule has 2 aliphatic heterocycles. The maximum atomic E-state index is 12.9. The number of hydrogen-bond acceptors (Lipinski definition) is 6. The number of anilines is 1. The van der Waals surface area contributed by atoms with E-state index < -0.39 is 12.2 Å². The molecule has 2 heterocycles. The number of nitrogens with two attached hydrogens (primary N) is 1. The van der Waals surface area contributed by atoms with Gasteiger partial charge >= 0.3 is 12.1 Å². The number of carbonyl (C=O) groups excluding carboxylic acids is 3. The van der Waals surface area contributed by atoms with Gasteiger partial charge in [-0.3, -0.25) is 19.9 Å². The summed E-state index contributed by atoms with van der Waals surface area (Å²) in [6.45, 7) is 1.16. The Morgan fingerprint density at radius 1 is 1.06 bits per heavy atom. The number of benzene rings is 2. The smallest absolute Gasteiger partial charge is 0.415 e. The van der Waals surface area contributed by atoms with Gasteiger partial charge in [-0.1, -0.05) is 30.3 Å². The number of amides is 2. The van der Waals surface area contributed by atoms with Gasteiger partial charge in [-0.05, 0) is 42.7 Å². The van der Waals surface area contributed by atoms with E-state index in [1.165, 1.54) is 4.90 Å². The summed E-state index contributed by atoms with van der Waals surface area (Å²) in [4.78, 5) is 40.7. The van der Waals surface area contributed by atoms with Crippen LogP contribution < -0.4 is 10.6 Å². The number of amidine groups is 1. The van der Waals surface area contributed by atoms with Crippen LogP contribution in [-0.4, -0.2) is 54.4 Å². The van der Waals surface area contributed by atoms with Crippen LogP contribution in [0.5, 0.6) is 0 Å². The second-order valence-corrected chi connectivity index (χ2v) is 8.14. The fourth-order valence-electron chi connectivity index (χ4n) is 4.01. The minimum absolute atomic E-state index is 0.0639. The molecule has 0 bridgehead atoms. The molecule has 4 rings (SSSR count). The average Bonchev–Trinajstić information content (AvgIpc) is 3.24. The molecule has 2 aliphatic rings. The first-order valence-electron chi connectivity index (χ1n) is 10.8. The Hall–Kier alpha value is -3.88. The molecule has 1 atom stereocenters. The standard InChI is InChI=1S/C24H26N4O5/c25-21(26)17-6-8-19(9-7-17)28-14-20(33-24(28)31)22(29)27-12-10-18(11-13-27)23(30)32-15-16-4-2-1-3-5-16/h1-9,18,20H,10-15H2,(H3,25,26). The van der Waals surface area contributed by atoms with Crippen molar-refractivity contribution < 1.29 is 23.9 Å². The summed E-state index contributed by atoms with van der Waals surface area (Å²) in [5.41, 5.74) is 7.51. The van der Waals surface area contributed by atoms with Crippen LogP contribution in [-0.2, 0) is 25.7 Å². The van der Waals surface area contributed by atoms with Crippen LogP contribution in [0, 0.1) is 11.3 Å². The minimum atomic E-state index is -0.897. The van der Waals surface area contributed by atoms with Crippen molar-refractivity contribution in [3.8, 4) is 0 Å². The van der Waals surface area contributed by atoms with Crippen molar-refractivity contribution in [2.45, 2.75) is 25.6 Å². The number of rotatable bonds is 6. The molecule has 2 saturated heterocycles. The summed E-state index contributed by atoms with van der Waals surface area (Å²) in [7, 11) is 0. The molecule has 0 saturated carbocycles. The van der Waals surface area contributed by atoms with Crippen molar-refractivity contribution >= 4 is 29.5 Å². The van der Waals surface area contributed by atoms with Crippen LogP contribution in [0.25, 0.3) is 0 Å². The zero-order valence-electron chi connectivity index (χ0n) is 18.1. The van der Waals surface area contributed by atoms with Gasteiger partial charge in [0.15, 0.2) is 6.10 Å². The van der Waals surface area contributed by atoms with Gasteiger partial charge in [0.25, 0.3) is 5.91 Å². The molecule has 0 spiro atoms. The van der Waals surface area contributed by atoms with Crippen molar-refractivity contribution in [3.05, 3.63) is 65.7 Å². The Bertz CT molecular complexity index is 1030. The van der Waals surface area contributed by atoms with Crippen LogP contribution in [0.2, 0.25) is 0 Å². The van der Waals surface area contributed by atoms with Crippen LogP contribution in [0.1, 0.15) is 24.0 Å². The highest BCUT2D eigenvalue weighted by atomic mass is 16.6. The molecule has 2 amide bonds. The minimum Gasteiger partial charge on any atom is -0.461 e. The Morgan fingerprint density at radius 3 is 2.36 bits per heavy atom. The van der Waals surface area contributed by atoms with Crippen molar-refractivity contribution in [2.75, 3.05) is 24.5 Å². The number of ether oxygens (including phenoxy) is 2. The fraction of sp³-hybridized carbons (Fsp3) is 0.333. The van der Waals surface area contributed by atoms with Gasteiger partial charge in [0, 0.05) is 24.3 Å². The molecule has 0 aromatic heterocycles. The van der Waals surface area contributed by atoms with Gasteiger partial charge < -0.3 is 20.1 Å². The van der Waals surface area contributed by atoms with E-state index >= 15 is 0 Å². The summed E-state index contributed by atoms with van der Waals surface area (Å²) in [6.07, 6.45) is -0.471. The highest BCUT2D eigenvalue weighted by molar-refractivity contribution is 5.98. The number of hydrogen-bond donors (Lipinski definition) is 2. The number of piperidine rings is 1. The molecule has 0 radical (unpaired) electrons. The summed E-state index contributed by atoms with van der Waals surface area (Å²) in [5, 5.41) is 7.45. The van der Waals surface area contributed by atoms with Crippen molar-refractivity contribution in [1.29, 1.82) is 5.41 Å². The lowest BCUT2D eigenvalue weighted by Crippen LogP contribution is -2.46. The average molecular weight is 450 g/mol. The molecule has 9 heteroatoms. The van der Waals surface area contributed by atoms with Crippen molar-refractivity contribution in [2.24, 2.45) is 11.7 Å². The third kappa shape index (κ3) is 5.14. The fourth-order valence-corrected chi connectivity index (χ4v) is 4.01. The van der Waals surface area contributed by atoms with Crippen molar-refractivity contribution in [3.63, 3.8) is 0 Å². The molecule has 1 unspecified atom stereocenters. The zero-order chi connectivity index (χ0) is 23.4. The summed E-state index contributed by atoms with van der Waals surface area (Å²) in [5.74, 6) is -0.827. The summed E-state index contributed by atoms with van der Waals surface area (Å²) < 4.78 is 10.7. The maximum Gasteiger partial charge on any atom is 0.415 e. The number of cyclic esters (lactones) is 1. The second-order valence-electron chi connectivity index (χ2n) is 8.14. The van der Waals surface area contributed by atoms with Gasteiger partial charge in [0.1, 0.15) is 12.4 Å². The topological polar surface area (TPSA) is 126 Å². The lowest BCUT2D eigenvalue weighted by molar-refractivity contribution is -0.153. The SMILES string of the molecule is N=C(N)c1ccc(N2CC(C(=O)N3CCC(C(=O)OCc4ccccc4)CC3)OC2=O)cc1. The van der Waals surface area contributed by atoms with Crippen LogP contribution >= 0.6 is 0 Å². The molecule has 172 valence electrons. The normalized spacial score (nSPS) is 18.7. The highest BCUT2D eigenvalue weighted by Gasteiger charge is 2.40. The van der Waals surface area contributed by atoms with E-state index in [4.69, 9.17) is 20.6 Å². The second kappa shape index (κ2) is 9.72. The molecular formula is C24H26N4O5. The number of carbonyl (C=O) groups is 3. The first-order valence-corrected chi connectivity index (χ1v) is 10.8. The first kappa shape index (κ1) is 22.3. The molecule has 2 aromatic carbocycles. The van der Waals surface area contributed by atoms with E-state index in [0.717, 1.165) is 5.56 Å². The Labute approximate surface area is 191 Å². The Kier molecular flexibility index (Phi) is 6.58. The van der Waals surface area contributed by atoms with Gasteiger partial charge in [-0.25, -0.2) is 4.79 Å². The number of esters is 1. The predicted octanol–water partition coefficient (Wildman–Crippen LogP) is 2.28. The van der Waals surface area contributed by atoms with E-state index in [1.54, 1.807) is 29.2 Å². The summed E-state index contributed by atoms with van der Waals surface area (Å²) >= 11 is 0. The molecule has 3 N–H and O–H groups in total. The van der Waals surface area contributed by atoms with Gasteiger partial charge in [-0.15, -0.1) is 0 Å². The van der Waals surface area contributed by atoms with E-state index in [9.17, 15) is 14.4 Å². The monoisotopic (exact) mass is 450 g/mol. The summed E-state index contributed by atoms with van der Waals surface area (Å²) in [6, 6.07) is 16.1. The highest BCUT2D eigenvalue weighted by Crippen LogP contribution is 2.25. The van der Waals surface area contributed by atoms with E-state index in [-0.39, 0.29) is 36.8 Å². The lowest BCUT2D eigenvalue weighted by atomic mass is 9.96. The van der Waals surface area contributed by atoms with Crippen LogP contribution in [0.3, 0.4) is 0 Å². The van der Waals surface area contributed by atoms with E-state index in [1.807, 2.05) is 30.3 Å². The van der Waals surface area contributed by atoms with Crippen molar-refractivity contribution in [1.82, 2.24) is 4.90 Å². The zero-order valence-corrected chi connectivity index (χ0v) is 18.1. The third-order valence-electron chi connectivity index (χ3n) is 5.94. The molecular weight excluding hydrogens is 424 g/mol. The van der Waals surface area contributed by atoms with Crippen LogP contribution in [0.15, 0.2) is 54.6 Å². The quantitative estimate of drug-likeness (QED) is 0.395. The molecule has 2 fully saturated rings. The number of likely N-dealkylation sites (tertiary alicyclic amines) is 1. The molecule has 0 aliphatic carbocycles. The lowest BCUT2D eigenvalue weighted by Gasteiger charge is -2.32. The van der Waals surface area contributed by atoms with Crippen LogP contribution in [0.4, 0.5) is 10.5 Å². The Balaban J connectivity index is 1.27. The van der Waals surface area contributed by atoms with Gasteiger partial charge in [-0.2, -0.15) is 0 Å². The van der Waals surface area contributed by atoms with Gasteiger partial charge in [0.05, 0.1) is 12.5 Å². The first-order chi connectivity index (χ1) is 15.9.